The van der Waals surface area contributed by atoms with Crippen LogP contribution in [0.1, 0.15) is 15.9 Å². The van der Waals surface area contributed by atoms with Crippen molar-refractivity contribution in [3.63, 3.8) is 0 Å². The van der Waals surface area contributed by atoms with E-state index in [0.717, 1.165) is 10.0 Å². The number of hydrogen-bond acceptors (Lipinski definition) is 2. The molecule has 0 saturated heterocycles. The highest BCUT2D eigenvalue weighted by Gasteiger charge is 2.13. The van der Waals surface area contributed by atoms with Crippen LogP contribution in [0.15, 0.2) is 46.9 Å². The van der Waals surface area contributed by atoms with Crippen LogP contribution in [0.3, 0.4) is 0 Å². The van der Waals surface area contributed by atoms with Crippen molar-refractivity contribution >= 4 is 27.6 Å². The molecule has 19 heavy (non-hydrogen) atoms. The molecule has 0 heterocycles. The predicted octanol–water partition coefficient (Wildman–Crippen LogP) is 3.90. The molecule has 2 N–H and O–H groups in total. The van der Waals surface area contributed by atoms with Crippen molar-refractivity contribution < 1.29 is 14.3 Å². The van der Waals surface area contributed by atoms with Crippen molar-refractivity contribution in [2.24, 2.45) is 0 Å². The Labute approximate surface area is 118 Å². The summed E-state index contributed by atoms with van der Waals surface area (Å²) in [5, 5.41) is 11.9. The second-order valence-electron chi connectivity index (χ2n) is 3.91. The Morgan fingerprint density at radius 1 is 1.21 bits per heavy atom. The zero-order valence-electron chi connectivity index (χ0n) is 9.86. The third-order valence-corrected chi connectivity index (χ3v) is 3.43. The Bertz CT molecular complexity index is 616. The van der Waals surface area contributed by atoms with E-state index in [-0.39, 0.29) is 11.3 Å². The van der Waals surface area contributed by atoms with E-state index < -0.39 is 11.8 Å². The average molecular weight is 324 g/mol. The van der Waals surface area contributed by atoms with Crippen LogP contribution in [0.2, 0.25) is 0 Å². The highest BCUT2D eigenvalue weighted by molar-refractivity contribution is 9.10. The lowest BCUT2D eigenvalue weighted by atomic mass is 10.1. The standard InChI is InChI=1S/C14H11BrFNO2/c15-11-6-2-1-4-9(11)8-17-13-10(14(18)19)5-3-7-12(13)16/h1-7,17H,8H2,(H,18,19). The van der Waals surface area contributed by atoms with Gasteiger partial charge in [-0.25, -0.2) is 9.18 Å². The lowest BCUT2D eigenvalue weighted by molar-refractivity contribution is 0.0697. The zero-order valence-corrected chi connectivity index (χ0v) is 11.4. The van der Waals surface area contributed by atoms with E-state index in [4.69, 9.17) is 5.11 Å². The van der Waals surface area contributed by atoms with Crippen molar-refractivity contribution in [2.45, 2.75) is 6.54 Å². The minimum Gasteiger partial charge on any atom is -0.478 e. The monoisotopic (exact) mass is 323 g/mol. The molecule has 0 aromatic heterocycles. The number of hydrogen-bond donors (Lipinski definition) is 2. The average Bonchev–Trinajstić information content (AvgIpc) is 2.38. The van der Waals surface area contributed by atoms with Gasteiger partial charge in [0.1, 0.15) is 5.82 Å². The molecule has 0 spiro atoms. The van der Waals surface area contributed by atoms with E-state index in [1.165, 1.54) is 18.2 Å². The van der Waals surface area contributed by atoms with E-state index in [1.807, 2.05) is 24.3 Å². The van der Waals surface area contributed by atoms with Gasteiger partial charge in [-0.05, 0) is 23.8 Å². The molecule has 0 amide bonds. The maximum absolute atomic E-state index is 13.7. The van der Waals surface area contributed by atoms with E-state index in [9.17, 15) is 9.18 Å². The van der Waals surface area contributed by atoms with Gasteiger partial charge in [0.2, 0.25) is 0 Å². The summed E-state index contributed by atoms with van der Waals surface area (Å²) < 4.78 is 14.6. The Balaban J connectivity index is 2.25. The highest BCUT2D eigenvalue weighted by atomic mass is 79.9. The molecule has 0 radical (unpaired) electrons. The number of carboxylic acid groups (broad SMARTS) is 1. The first-order chi connectivity index (χ1) is 9.09. The van der Waals surface area contributed by atoms with Gasteiger partial charge in [0.15, 0.2) is 0 Å². The molecule has 0 unspecified atom stereocenters. The normalized spacial score (nSPS) is 10.2. The summed E-state index contributed by atoms with van der Waals surface area (Å²) in [7, 11) is 0. The molecule has 2 aromatic rings. The fourth-order valence-corrected chi connectivity index (χ4v) is 2.13. The number of halogens is 2. The number of carboxylic acids is 1. The van der Waals surface area contributed by atoms with E-state index in [1.54, 1.807) is 0 Å². The van der Waals surface area contributed by atoms with Gasteiger partial charge in [-0.3, -0.25) is 0 Å². The molecule has 0 aliphatic carbocycles. The molecule has 2 aromatic carbocycles. The molecule has 0 atom stereocenters. The zero-order chi connectivity index (χ0) is 13.8. The largest absolute Gasteiger partial charge is 0.478 e. The summed E-state index contributed by atoms with van der Waals surface area (Å²) >= 11 is 3.39. The van der Waals surface area contributed by atoms with Crippen molar-refractivity contribution in [1.29, 1.82) is 0 Å². The van der Waals surface area contributed by atoms with Crippen LogP contribution >= 0.6 is 15.9 Å². The molecule has 0 saturated carbocycles. The Morgan fingerprint density at radius 2 is 1.95 bits per heavy atom. The van der Waals surface area contributed by atoms with Gasteiger partial charge in [-0.15, -0.1) is 0 Å². The summed E-state index contributed by atoms with van der Waals surface area (Å²) in [6, 6.07) is 11.5. The number of para-hydroxylation sites is 1. The first-order valence-corrected chi connectivity index (χ1v) is 6.38. The summed E-state index contributed by atoms with van der Waals surface area (Å²) in [5.74, 6) is -1.74. The van der Waals surface area contributed by atoms with Crippen molar-refractivity contribution in [2.75, 3.05) is 5.32 Å². The summed E-state index contributed by atoms with van der Waals surface area (Å²) in [4.78, 5) is 11.0. The molecule has 0 fully saturated rings. The fraction of sp³-hybridized carbons (Fsp3) is 0.0714. The lowest BCUT2D eigenvalue weighted by Gasteiger charge is -2.11. The van der Waals surface area contributed by atoms with Crippen LogP contribution in [-0.2, 0) is 6.54 Å². The summed E-state index contributed by atoms with van der Waals surface area (Å²) in [5.41, 5.74) is 0.847. The first kappa shape index (κ1) is 13.5. The Kier molecular flexibility index (Phi) is 4.16. The van der Waals surface area contributed by atoms with Crippen LogP contribution in [0.4, 0.5) is 10.1 Å². The molecule has 2 rings (SSSR count). The molecule has 5 heteroatoms. The SMILES string of the molecule is O=C(O)c1cccc(F)c1NCc1ccccc1Br. The van der Waals surface area contributed by atoms with Gasteiger partial charge in [-0.1, -0.05) is 40.2 Å². The van der Waals surface area contributed by atoms with Gasteiger partial charge in [0.05, 0.1) is 11.3 Å². The van der Waals surface area contributed by atoms with Gasteiger partial charge >= 0.3 is 5.97 Å². The van der Waals surface area contributed by atoms with E-state index in [2.05, 4.69) is 21.2 Å². The van der Waals surface area contributed by atoms with Crippen molar-refractivity contribution in [1.82, 2.24) is 0 Å². The van der Waals surface area contributed by atoms with E-state index in [0.29, 0.717) is 6.54 Å². The van der Waals surface area contributed by atoms with Crippen LogP contribution in [0.25, 0.3) is 0 Å². The first-order valence-electron chi connectivity index (χ1n) is 5.58. The highest BCUT2D eigenvalue weighted by Crippen LogP contribution is 2.22. The van der Waals surface area contributed by atoms with Gasteiger partial charge < -0.3 is 10.4 Å². The smallest absolute Gasteiger partial charge is 0.337 e. The summed E-state index contributed by atoms with van der Waals surface area (Å²) in [6.07, 6.45) is 0. The van der Waals surface area contributed by atoms with Crippen molar-refractivity contribution in [3.05, 3.63) is 63.9 Å². The molecule has 0 aliphatic heterocycles. The maximum Gasteiger partial charge on any atom is 0.337 e. The number of carbonyl (C=O) groups is 1. The lowest BCUT2D eigenvalue weighted by Crippen LogP contribution is -2.08. The number of benzene rings is 2. The molecule has 0 bridgehead atoms. The van der Waals surface area contributed by atoms with Gasteiger partial charge in [-0.2, -0.15) is 0 Å². The number of aromatic carboxylic acids is 1. The third kappa shape index (κ3) is 3.12. The second-order valence-corrected chi connectivity index (χ2v) is 4.77. The Hall–Kier alpha value is -1.88. The number of anilines is 1. The predicted molar refractivity (Wildman–Crippen MR) is 74.8 cm³/mol. The third-order valence-electron chi connectivity index (χ3n) is 2.66. The van der Waals surface area contributed by atoms with Crippen LogP contribution in [0.5, 0.6) is 0 Å². The topological polar surface area (TPSA) is 49.3 Å². The fourth-order valence-electron chi connectivity index (χ4n) is 1.71. The number of nitrogens with one attached hydrogen (secondary N) is 1. The maximum atomic E-state index is 13.7. The molecule has 3 nitrogen and oxygen atoms in total. The Morgan fingerprint density at radius 3 is 2.63 bits per heavy atom. The molecular formula is C14H11BrFNO2. The minimum atomic E-state index is -1.16. The molecule has 98 valence electrons. The molecule has 0 aliphatic rings. The van der Waals surface area contributed by atoms with E-state index >= 15 is 0 Å². The minimum absolute atomic E-state index is 0.00533. The van der Waals surface area contributed by atoms with Crippen LogP contribution < -0.4 is 5.32 Å². The second kappa shape index (κ2) is 5.84. The molecular weight excluding hydrogens is 313 g/mol. The van der Waals surface area contributed by atoms with Gasteiger partial charge in [0.25, 0.3) is 0 Å². The number of rotatable bonds is 4. The summed E-state index contributed by atoms with van der Waals surface area (Å²) in [6.45, 7) is 0.336. The quantitative estimate of drug-likeness (QED) is 0.897. The van der Waals surface area contributed by atoms with Crippen LogP contribution in [-0.4, -0.2) is 11.1 Å². The van der Waals surface area contributed by atoms with Gasteiger partial charge in [0, 0.05) is 11.0 Å². The van der Waals surface area contributed by atoms with Crippen LogP contribution in [0, 0.1) is 5.82 Å². The van der Waals surface area contributed by atoms with Crippen molar-refractivity contribution in [3.8, 4) is 0 Å².